The van der Waals surface area contributed by atoms with Crippen LogP contribution in [0.1, 0.15) is 43.5 Å². The molecule has 1 aliphatic heterocycles. The molecule has 0 bridgehead atoms. The van der Waals surface area contributed by atoms with Crippen molar-refractivity contribution >= 4 is 28.4 Å². The van der Waals surface area contributed by atoms with Gasteiger partial charge < -0.3 is 15.5 Å². The van der Waals surface area contributed by atoms with Crippen molar-refractivity contribution in [2.45, 2.75) is 51.4 Å². The van der Waals surface area contributed by atoms with Gasteiger partial charge in [-0.2, -0.15) is 18.3 Å². The van der Waals surface area contributed by atoms with Gasteiger partial charge in [0.2, 0.25) is 5.91 Å². The molecular weight excluding hydrogens is 461 g/mol. The fourth-order valence-corrected chi connectivity index (χ4v) is 4.22. The molecule has 1 saturated heterocycles. The van der Waals surface area contributed by atoms with Crippen LogP contribution in [0.2, 0.25) is 0 Å². The Bertz CT molecular complexity index is 1200. The summed E-state index contributed by atoms with van der Waals surface area (Å²) in [5.74, 6) is -1.26. The monoisotopic (exact) mass is 488 g/mol. The van der Waals surface area contributed by atoms with Gasteiger partial charge >= 0.3 is 6.18 Å². The molecule has 3 aromatic rings. The Kier molecular flexibility index (Phi) is 6.95. The third-order valence-corrected chi connectivity index (χ3v) is 5.91. The largest absolute Gasteiger partial charge is 0.397 e. The van der Waals surface area contributed by atoms with Crippen LogP contribution in [0.15, 0.2) is 36.8 Å². The number of benzene rings is 1. The van der Waals surface area contributed by atoms with Crippen LogP contribution >= 0.6 is 0 Å². The van der Waals surface area contributed by atoms with Crippen LogP contribution in [0, 0.1) is 0 Å². The minimum absolute atomic E-state index is 0.0487. The number of nitrogens with one attached hydrogen (secondary N) is 3. The molecule has 0 radical (unpaired) electrons. The first-order valence-corrected chi connectivity index (χ1v) is 11.4. The molecule has 0 aliphatic carbocycles. The fourth-order valence-electron chi connectivity index (χ4n) is 4.22. The quantitative estimate of drug-likeness (QED) is 0.485. The predicted molar refractivity (Wildman–Crippen MR) is 126 cm³/mol. The molecule has 186 valence electrons. The molecule has 0 unspecified atom stereocenters. The van der Waals surface area contributed by atoms with Crippen molar-refractivity contribution in [2.24, 2.45) is 0 Å². The van der Waals surface area contributed by atoms with Gasteiger partial charge in [-0.3, -0.25) is 19.7 Å². The van der Waals surface area contributed by atoms with Gasteiger partial charge in [-0.15, -0.1) is 0 Å². The Morgan fingerprint density at radius 2 is 1.91 bits per heavy atom. The Morgan fingerprint density at radius 1 is 1.17 bits per heavy atom. The van der Waals surface area contributed by atoms with Gasteiger partial charge in [-0.1, -0.05) is 6.07 Å². The van der Waals surface area contributed by atoms with Crippen molar-refractivity contribution in [1.29, 1.82) is 0 Å². The van der Waals surface area contributed by atoms with Gasteiger partial charge in [0.1, 0.15) is 6.42 Å². The Labute approximate surface area is 200 Å². The van der Waals surface area contributed by atoms with Crippen molar-refractivity contribution in [1.82, 2.24) is 25.4 Å². The number of aromatic amines is 1. The number of carbonyl (C=O) groups excluding carboxylic acids is 2. The highest BCUT2D eigenvalue weighted by molar-refractivity contribution is 6.08. The zero-order chi connectivity index (χ0) is 25.2. The number of likely N-dealkylation sites (tertiary alicyclic amines) is 1. The molecule has 2 aromatic heterocycles. The van der Waals surface area contributed by atoms with Crippen LogP contribution in [0.5, 0.6) is 0 Å². The van der Waals surface area contributed by atoms with Crippen LogP contribution in [0.3, 0.4) is 0 Å². The lowest BCUT2D eigenvalue weighted by Gasteiger charge is -2.32. The Morgan fingerprint density at radius 3 is 2.54 bits per heavy atom. The van der Waals surface area contributed by atoms with E-state index in [1.165, 1.54) is 11.1 Å². The van der Waals surface area contributed by atoms with E-state index in [1.807, 2.05) is 32.0 Å². The highest BCUT2D eigenvalue weighted by atomic mass is 19.4. The zero-order valence-electron chi connectivity index (χ0n) is 19.4. The highest BCUT2D eigenvalue weighted by Crippen LogP contribution is 2.31. The summed E-state index contributed by atoms with van der Waals surface area (Å²) in [4.78, 5) is 30.8. The van der Waals surface area contributed by atoms with Gasteiger partial charge in [0.05, 0.1) is 23.0 Å². The summed E-state index contributed by atoms with van der Waals surface area (Å²) in [5.41, 5.74) is 3.60. The van der Waals surface area contributed by atoms with Crippen LogP contribution in [-0.4, -0.2) is 63.2 Å². The van der Waals surface area contributed by atoms with E-state index in [0.717, 1.165) is 22.0 Å². The molecule has 2 amide bonds. The van der Waals surface area contributed by atoms with Gasteiger partial charge in [0, 0.05) is 48.5 Å². The number of halogens is 3. The summed E-state index contributed by atoms with van der Waals surface area (Å²) < 4.78 is 37.6. The number of aromatic nitrogens is 3. The van der Waals surface area contributed by atoms with Crippen molar-refractivity contribution in [3.63, 3.8) is 0 Å². The SMILES string of the molecule is CC(C)Nc1c(C(=O)NC2CCN(C(=O)CC(F)(F)F)CC2)cnc2ccc(-c3cn[nH]c3)cc12. The second-order valence-electron chi connectivity index (χ2n) is 8.99. The average Bonchev–Trinajstić information content (AvgIpc) is 3.33. The lowest BCUT2D eigenvalue weighted by Crippen LogP contribution is -2.47. The smallest absolute Gasteiger partial charge is 0.382 e. The maximum atomic E-state index is 13.2. The van der Waals surface area contributed by atoms with E-state index in [0.29, 0.717) is 24.1 Å². The molecule has 1 aliphatic rings. The molecule has 0 saturated carbocycles. The molecule has 0 spiro atoms. The van der Waals surface area contributed by atoms with Crippen molar-refractivity contribution in [2.75, 3.05) is 18.4 Å². The third kappa shape index (κ3) is 5.90. The van der Waals surface area contributed by atoms with Crippen LogP contribution in [-0.2, 0) is 4.79 Å². The summed E-state index contributed by atoms with van der Waals surface area (Å²) in [6.45, 7) is 4.28. The Hall–Kier alpha value is -3.63. The highest BCUT2D eigenvalue weighted by Gasteiger charge is 2.35. The Balaban J connectivity index is 1.53. The molecule has 3 heterocycles. The fraction of sp³-hybridized carbons (Fsp3) is 0.417. The number of H-pyrrole nitrogens is 1. The normalized spacial score (nSPS) is 15.0. The zero-order valence-corrected chi connectivity index (χ0v) is 19.4. The molecule has 11 heteroatoms. The van der Waals surface area contributed by atoms with Gasteiger partial charge in [0.25, 0.3) is 5.91 Å². The maximum Gasteiger partial charge on any atom is 0.397 e. The van der Waals surface area contributed by atoms with E-state index in [2.05, 4.69) is 25.8 Å². The first-order chi connectivity index (χ1) is 16.6. The topological polar surface area (TPSA) is 103 Å². The number of nitrogens with zero attached hydrogens (tertiary/aromatic N) is 3. The minimum atomic E-state index is -4.53. The van der Waals surface area contributed by atoms with Gasteiger partial charge in [0.15, 0.2) is 0 Å². The summed E-state index contributed by atoms with van der Waals surface area (Å²) in [5, 5.41) is 13.9. The van der Waals surface area contributed by atoms with E-state index < -0.39 is 18.5 Å². The number of fused-ring (bicyclic) bond motifs is 1. The van der Waals surface area contributed by atoms with E-state index in [4.69, 9.17) is 0 Å². The summed E-state index contributed by atoms with van der Waals surface area (Å²) in [6, 6.07) is 5.58. The van der Waals surface area contributed by atoms with E-state index in [1.54, 1.807) is 12.4 Å². The van der Waals surface area contributed by atoms with Crippen LogP contribution < -0.4 is 10.6 Å². The second-order valence-corrected chi connectivity index (χ2v) is 8.99. The molecule has 1 fully saturated rings. The van der Waals surface area contributed by atoms with Crippen LogP contribution in [0.25, 0.3) is 22.0 Å². The van der Waals surface area contributed by atoms with Crippen molar-refractivity contribution in [3.05, 3.63) is 42.4 Å². The maximum absolute atomic E-state index is 13.2. The first kappa shape index (κ1) is 24.5. The number of hydrogen-bond donors (Lipinski definition) is 3. The number of pyridine rings is 1. The number of amides is 2. The van der Waals surface area contributed by atoms with E-state index in [9.17, 15) is 22.8 Å². The first-order valence-electron chi connectivity index (χ1n) is 11.4. The molecule has 8 nitrogen and oxygen atoms in total. The molecule has 35 heavy (non-hydrogen) atoms. The summed E-state index contributed by atoms with van der Waals surface area (Å²) in [7, 11) is 0. The number of anilines is 1. The summed E-state index contributed by atoms with van der Waals surface area (Å²) in [6.07, 6.45) is -0.191. The van der Waals surface area contributed by atoms with Crippen LogP contribution in [0.4, 0.5) is 18.9 Å². The number of alkyl halides is 3. The predicted octanol–water partition coefficient (Wildman–Crippen LogP) is 4.12. The lowest BCUT2D eigenvalue weighted by atomic mass is 10.0. The standard InChI is InChI=1S/C24H27F3N6O2/c1-14(2)31-22-18-9-15(16-11-29-30-12-16)3-4-20(18)28-13-19(22)23(35)32-17-5-7-33(8-6-17)21(34)10-24(25,26)27/h3-4,9,11-14,17H,5-8,10H2,1-2H3,(H,28,31)(H,29,30)(H,32,35). The van der Waals surface area contributed by atoms with Gasteiger partial charge in [-0.25, -0.2) is 0 Å². The van der Waals surface area contributed by atoms with Gasteiger partial charge in [-0.05, 0) is 44.4 Å². The lowest BCUT2D eigenvalue weighted by molar-refractivity contribution is -0.162. The number of hydrogen-bond acceptors (Lipinski definition) is 5. The third-order valence-electron chi connectivity index (χ3n) is 5.91. The number of carbonyl (C=O) groups is 2. The number of rotatable bonds is 6. The minimum Gasteiger partial charge on any atom is -0.382 e. The molecule has 0 atom stereocenters. The average molecular weight is 489 g/mol. The molecule has 1 aromatic carbocycles. The molecule has 4 rings (SSSR count). The van der Waals surface area contributed by atoms with Crippen molar-refractivity contribution in [3.8, 4) is 11.1 Å². The number of piperidine rings is 1. The van der Waals surface area contributed by atoms with E-state index in [-0.39, 0.29) is 31.1 Å². The second kappa shape index (κ2) is 9.93. The van der Waals surface area contributed by atoms with Crippen molar-refractivity contribution < 1.29 is 22.8 Å². The molecular formula is C24H27F3N6O2. The molecule has 3 N–H and O–H groups in total. The summed E-state index contributed by atoms with van der Waals surface area (Å²) >= 11 is 0. The van der Waals surface area contributed by atoms with E-state index >= 15 is 0 Å².